The Hall–Kier alpha value is -2.87. The second-order valence-corrected chi connectivity index (χ2v) is 8.42. The molecule has 2 heterocycles. The van der Waals surface area contributed by atoms with Gasteiger partial charge in [0, 0.05) is 24.1 Å². The molecule has 4 rings (SSSR count). The first-order chi connectivity index (χ1) is 14.7. The van der Waals surface area contributed by atoms with Crippen LogP contribution in [0.4, 0.5) is 0 Å². The highest BCUT2D eigenvalue weighted by Gasteiger charge is 2.34. The zero-order valence-electron chi connectivity index (χ0n) is 17.8. The molecule has 3 unspecified atom stereocenters. The SMILES string of the molecule is Cc1ccccc1C(O)c1c(C)oc2c(C3CCN(C)CC3O)c(O)cc(O)c2c1=O. The summed E-state index contributed by atoms with van der Waals surface area (Å²) in [5, 5.41) is 42.6. The second-order valence-electron chi connectivity index (χ2n) is 8.42. The van der Waals surface area contributed by atoms with E-state index in [0.717, 1.165) is 11.6 Å². The quantitative estimate of drug-likeness (QED) is 0.510. The number of piperidine rings is 1. The van der Waals surface area contributed by atoms with Crippen molar-refractivity contribution in [3.63, 3.8) is 0 Å². The van der Waals surface area contributed by atoms with Crippen LogP contribution in [0.5, 0.6) is 11.5 Å². The Morgan fingerprint density at radius 3 is 2.55 bits per heavy atom. The van der Waals surface area contributed by atoms with Crippen LogP contribution in [0.25, 0.3) is 11.0 Å². The number of nitrogens with zero attached hydrogens (tertiary/aromatic N) is 1. The Bertz CT molecular complexity index is 1200. The minimum atomic E-state index is -1.23. The highest BCUT2D eigenvalue weighted by molar-refractivity contribution is 5.89. The molecule has 3 atom stereocenters. The van der Waals surface area contributed by atoms with Gasteiger partial charge < -0.3 is 29.7 Å². The van der Waals surface area contributed by atoms with E-state index in [1.807, 2.05) is 31.0 Å². The molecule has 0 aliphatic carbocycles. The number of likely N-dealkylation sites (N-methyl/N-ethyl adjacent to an activating group) is 1. The van der Waals surface area contributed by atoms with E-state index in [9.17, 15) is 25.2 Å². The second kappa shape index (κ2) is 8.00. The lowest BCUT2D eigenvalue weighted by Gasteiger charge is -2.34. The molecule has 31 heavy (non-hydrogen) atoms. The monoisotopic (exact) mass is 425 g/mol. The molecule has 0 amide bonds. The Morgan fingerprint density at radius 2 is 1.87 bits per heavy atom. The third kappa shape index (κ3) is 3.59. The first-order valence-electron chi connectivity index (χ1n) is 10.3. The van der Waals surface area contributed by atoms with Gasteiger partial charge in [-0.25, -0.2) is 0 Å². The number of benzene rings is 2. The van der Waals surface area contributed by atoms with Gasteiger partial charge in [-0.3, -0.25) is 4.79 Å². The van der Waals surface area contributed by atoms with Crippen LogP contribution in [0.15, 0.2) is 39.5 Å². The maximum absolute atomic E-state index is 13.4. The molecule has 7 nitrogen and oxygen atoms in total. The van der Waals surface area contributed by atoms with Crippen LogP contribution in [0, 0.1) is 13.8 Å². The van der Waals surface area contributed by atoms with E-state index in [1.165, 1.54) is 0 Å². The minimum absolute atomic E-state index is 0.0395. The number of rotatable bonds is 3. The number of hydrogen-bond acceptors (Lipinski definition) is 7. The van der Waals surface area contributed by atoms with Crippen LogP contribution in [0.3, 0.4) is 0 Å². The normalized spacial score (nSPS) is 20.8. The van der Waals surface area contributed by atoms with E-state index in [4.69, 9.17) is 4.42 Å². The number of aliphatic hydroxyl groups excluding tert-OH is 2. The number of β-amino-alcohol motifs (C(OH)–C–C–N with tert-alkyl or cyclic N) is 1. The summed E-state index contributed by atoms with van der Waals surface area (Å²) in [5.74, 6) is -0.907. The maximum Gasteiger partial charge on any atom is 0.202 e. The lowest BCUT2D eigenvalue weighted by atomic mass is 9.85. The number of aromatic hydroxyl groups is 2. The summed E-state index contributed by atoms with van der Waals surface area (Å²) in [5.41, 5.74) is 1.23. The first-order valence-corrected chi connectivity index (χ1v) is 10.3. The van der Waals surface area contributed by atoms with E-state index in [-0.39, 0.29) is 28.0 Å². The predicted octanol–water partition coefficient (Wildman–Crippen LogP) is 2.68. The van der Waals surface area contributed by atoms with Crippen molar-refractivity contribution in [1.82, 2.24) is 4.90 Å². The summed E-state index contributed by atoms with van der Waals surface area (Å²) >= 11 is 0. The third-order valence-corrected chi connectivity index (χ3v) is 6.30. The Balaban J connectivity index is 1.95. The molecule has 3 aromatic rings. The van der Waals surface area contributed by atoms with Gasteiger partial charge in [0.2, 0.25) is 5.43 Å². The molecule has 7 heteroatoms. The van der Waals surface area contributed by atoms with Crippen LogP contribution in [0.1, 0.15) is 46.5 Å². The predicted molar refractivity (Wildman–Crippen MR) is 117 cm³/mol. The fourth-order valence-corrected chi connectivity index (χ4v) is 4.63. The summed E-state index contributed by atoms with van der Waals surface area (Å²) in [6.07, 6.45) is -1.44. The number of aliphatic hydroxyl groups is 2. The van der Waals surface area contributed by atoms with Crippen LogP contribution in [-0.4, -0.2) is 51.6 Å². The van der Waals surface area contributed by atoms with Gasteiger partial charge in [-0.2, -0.15) is 0 Å². The zero-order valence-corrected chi connectivity index (χ0v) is 17.8. The standard InChI is InChI=1S/C24H27NO6/c1-12-6-4-5-7-14(12)22(29)19-13(2)31-24-20(15-8-9-25(3)11-18(15)28)16(26)10-17(27)21(24)23(19)30/h4-7,10,15,18,22,26-29H,8-9,11H2,1-3H3. The lowest BCUT2D eigenvalue weighted by Crippen LogP contribution is -2.40. The van der Waals surface area contributed by atoms with Crippen molar-refractivity contribution in [2.45, 2.75) is 38.4 Å². The van der Waals surface area contributed by atoms with Crippen molar-refractivity contribution in [3.8, 4) is 11.5 Å². The topological polar surface area (TPSA) is 114 Å². The highest BCUT2D eigenvalue weighted by atomic mass is 16.3. The average Bonchev–Trinajstić information content (AvgIpc) is 2.69. The summed E-state index contributed by atoms with van der Waals surface area (Å²) in [6, 6.07) is 8.30. The van der Waals surface area contributed by atoms with Crippen LogP contribution >= 0.6 is 0 Å². The van der Waals surface area contributed by atoms with E-state index in [2.05, 4.69) is 0 Å². The first kappa shape index (κ1) is 21.4. The van der Waals surface area contributed by atoms with Crippen molar-refractivity contribution in [1.29, 1.82) is 0 Å². The van der Waals surface area contributed by atoms with Gasteiger partial charge in [0.05, 0.1) is 11.7 Å². The molecule has 0 spiro atoms. The number of aryl methyl sites for hydroxylation is 2. The van der Waals surface area contributed by atoms with Gasteiger partial charge in [0.1, 0.15) is 34.3 Å². The third-order valence-electron chi connectivity index (χ3n) is 6.30. The summed E-state index contributed by atoms with van der Waals surface area (Å²) in [6.45, 7) is 4.54. The molecule has 0 radical (unpaired) electrons. The van der Waals surface area contributed by atoms with Crippen LogP contribution in [0.2, 0.25) is 0 Å². The lowest BCUT2D eigenvalue weighted by molar-refractivity contribution is 0.0630. The summed E-state index contributed by atoms with van der Waals surface area (Å²) in [7, 11) is 1.90. The van der Waals surface area contributed by atoms with Gasteiger partial charge in [-0.05, 0) is 45.0 Å². The summed E-state index contributed by atoms with van der Waals surface area (Å²) in [4.78, 5) is 15.4. The average molecular weight is 425 g/mol. The van der Waals surface area contributed by atoms with Gasteiger partial charge in [0.15, 0.2) is 0 Å². The maximum atomic E-state index is 13.4. The van der Waals surface area contributed by atoms with Crippen molar-refractivity contribution >= 4 is 11.0 Å². The molecule has 2 aromatic carbocycles. The molecule has 1 fully saturated rings. The van der Waals surface area contributed by atoms with Gasteiger partial charge >= 0.3 is 0 Å². The molecule has 4 N–H and O–H groups in total. The summed E-state index contributed by atoms with van der Waals surface area (Å²) < 4.78 is 5.97. The van der Waals surface area contributed by atoms with E-state index in [1.54, 1.807) is 19.1 Å². The molecule has 0 bridgehead atoms. The Labute approximate surface area is 179 Å². The fraction of sp³-hybridized carbons (Fsp3) is 0.375. The number of phenolic OH excluding ortho intramolecular Hbond substituents is 2. The zero-order chi connectivity index (χ0) is 22.4. The molecular weight excluding hydrogens is 398 g/mol. The van der Waals surface area contributed by atoms with Crippen LogP contribution in [-0.2, 0) is 0 Å². The molecule has 1 aromatic heterocycles. The van der Waals surface area contributed by atoms with Crippen molar-refractivity contribution in [2.24, 2.45) is 0 Å². The van der Waals surface area contributed by atoms with Crippen molar-refractivity contribution in [2.75, 3.05) is 20.1 Å². The Kier molecular flexibility index (Phi) is 5.51. The molecule has 1 aliphatic rings. The van der Waals surface area contributed by atoms with Crippen molar-refractivity contribution in [3.05, 3.63) is 68.6 Å². The van der Waals surface area contributed by atoms with Gasteiger partial charge in [0.25, 0.3) is 0 Å². The number of likely N-dealkylation sites (tertiary alicyclic amines) is 1. The number of phenols is 2. The molecule has 164 valence electrons. The van der Waals surface area contributed by atoms with E-state index < -0.39 is 29.3 Å². The smallest absolute Gasteiger partial charge is 0.202 e. The minimum Gasteiger partial charge on any atom is -0.507 e. The number of fused-ring (bicyclic) bond motifs is 1. The molecular formula is C24H27NO6. The van der Waals surface area contributed by atoms with E-state index >= 15 is 0 Å². The molecule has 0 saturated carbocycles. The fourth-order valence-electron chi connectivity index (χ4n) is 4.63. The van der Waals surface area contributed by atoms with Gasteiger partial charge in [-0.1, -0.05) is 24.3 Å². The van der Waals surface area contributed by atoms with Crippen molar-refractivity contribution < 1.29 is 24.8 Å². The number of hydrogen-bond donors (Lipinski definition) is 4. The largest absolute Gasteiger partial charge is 0.507 e. The van der Waals surface area contributed by atoms with E-state index in [0.29, 0.717) is 30.6 Å². The molecule has 1 saturated heterocycles. The molecule has 1 aliphatic heterocycles. The van der Waals surface area contributed by atoms with Crippen LogP contribution < -0.4 is 5.43 Å². The van der Waals surface area contributed by atoms with Gasteiger partial charge in [-0.15, -0.1) is 0 Å². The Morgan fingerprint density at radius 1 is 1.16 bits per heavy atom. The highest BCUT2D eigenvalue weighted by Crippen LogP contribution is 2.42.